The first-order chi connectivity index (χ1) is 16.3. The molecule has 0 unspecified atom stereocenters. The Morgan fingerprint density at radius 2 is 1.74 bits per heavy atom. The molecule has 0 radical (unpaired) electrons. The van der Waals surface area contributed by atoms with E-state index in [0.717, 1.165) is 5.56 Å². The normalized spacial score (nSPS) is 15.7. The van der Waals surface area contributed by atoms with Crippen LogP contribution in [0.1, 0.15) is 28.8 Å². The summed E-state index contributed by atoms with van der Waals surface area (Å²) in [6.07, 6.45) is 0.793. The Kier molecular flexibility index (Phi) is 6.91. The highest BCUT2D eigenvalue weighted by molar-refractivity contribution is 7.89. The maximum Gasteiger partial charge on any atom is 0.252 e. The highest BCUT2D eigenvalue weighted by Gasteiger charge is 2.41. The molecule has 0 bridgehead atoms. The van der Waals surface area contributed by atoms with Crippen LogP contribution in [0.2, 0.25) is 0 Å². The number of fused-ring (bicyclic) bond motifs is 1. The molecular weight excluding hydrogens is 460 g/mol. The summed E-state index contributed by atoms with van der Waals surface area (Å²) in [6.45, 7) is 3.07. The van der Waals surface area contributed by atoms with Gasteiger partial charge in [0, 0.05) is 18.7 Å². The molecule has 1 aromatic heterocycles. The summed E-state index contributed by atoms with van der Waals surface area (Å²) >= 11 is 0. The van der Waals surface area contributed by atoms with E-state index >= 15 is 0 Å². The lowest BCUT2D eigenvalue weighted by atomic mass is 9.86. The lowest BCUT2D eigenvalue weighted by Crippen LogP contribution is -2.63. The van der Waals surface area contributed by atoms with Gasteiger partial charge in [0.1, 0.15) is 16.6 Å². The standard InChI is InChI=1S/C22H26N6O5S/c1-15-2-5-17(6-3-15)34(31,32)25-13-12-24-21(30)22(8-10-23-11-9-22)26-20(29)16-4-7-18-19(14-16)28-33-27-18/h2-7,14,23,25H,8-13H2,1H3,(H,24,30)(H,26,29). The minimum Gasteiger partial charge on any atom is -0.353 e. The summed E-state index contributed by atoms with van der Waals surface area (Å²) in [5.41, 5.74) is 1.14. The first-order valence-corrected chi connectivity index (χ1v) is 12.4. The van der Waals surface area contributed by atoms with E-state index in [-0.39, 0.29) is 23.9 Å². The number of benzene rings is 2. The molecule has 180 valence electrons. The minimum absolute atomic E-state index is 0.0139. The number of nitrogens with zero attached hydrogens (tertiary/aromatic N) is 2. The van der Waals surface area contributed by atoms with Crippen molar-refractivity contribution in [3.63, 3.8) is 0 Å². The number of amides is 2. The van der Waals surface area contributed by atoms with E-state index in [9.17, 15) is 18.0 Å². The molecule has 2 aromatic carbocycles. The van der Waals surface area contributed by atoms with E-state index < -0.39 is 21.5 Å². The van der Waals surface area contributed by atoms with Crippen LogP contribution >= 0.6 is 0 Å². The number of nitrogens with one attached hydrogen (secondary N) is 4. The van der Waals surface area contributed by atoms with Crippen molar-refractivity contribution in [2.75, 3.05) is 26.2 Å². The van der Waals surface area contributed by atoms with Crippen LogP contribution in [0.4, 0.5) is 0 Å². The van der Waals surface area contributed by atoms with Crippen molar-refractivity contribution in [3.05, 3.63) is 53.6 Å². The van der Waals surface area contributed by atoms with Crippen molar-refractivity contribution in [2.45, 2.75) is 30.2 Å². The van der Waals surface area contributed by atoms with E-state index in [1.807, 2.05) is 6.92 Å². The third-order valence-electron chi connectivity index (χ3n) is 5.79. The summed E-state index contributed by atoms with van der Waals surface area (Å²) in [5, 5.41) is 16.3. The maximum atomic E-state index is 13.1. The molecule has 0 spiro atoms. The van der Waals surface area contributed by atoms with Gasteiger partial charge in [-0.1, -0.05) is 17.7 Å². The van der Waals surface area contributed by atoms with Gasteiger partial charge in [0.25, 0.3) is 5.91 Å². The van der Waals surface area contributed by atoms with Crippen molar-refractivity contribution < 1.29 is 22.6 Å². The van der Waals surface area contributed by atoms with E-state index in [2.05, 4.69) is 35.6 Å². The Morgan fingerprint density at radius 1 is 1.03 bits per heavy atom. The molecule has 0 saturated carbocycles. The van der Waals surface area contributed by atoms with Crippen LogP contribution < -0.4 is 20.7 Å². The van der Waals surface area contributed by atoms with Crippen molar-refractivity contribution in [1.29, 1.82) is 0 Å². The topological polar surface area (TPSA) is 155 Å². The maximum absolute atomic E-state index is 13.1. The predicted molar refractivity (Wildman–Crippen MR) is 123 cm³/mol. The fourth-order valence-corrected chi connectivity index (χ4v) is 4.84. The molecule has 0 atom stereocenters. The molecule has 2 heterocycles. The SMILES string of the molecule is Cc1ccc(S(=O)(=O)NCCNC(=O)C2(NC(=O)c3ccc4nonc4c3)CCNCC2)cc1. The average molecular weight is 487 g/mol. The van der Waals surface area contributed by atoms with Gasteiger partial charge in [0.05, 0.1) is 4.90 Å². The van der Waals surface area contributed by atoms with Gasteiger partial charge in [0.15, 0.2) is 0 Å². The zero-order valence-electron chi connectivity index (χ0n) is 18.6. The Bertz CT molecular complexity index is 1280. The second-order valence-corrected chi connectivity index (χ2v) is 9.99. The third-order valence-corrected chi connectivity index (χ3v) is 7.27. The number of carbonyl (C=O) groups is 2. The second kappa shape index (κ2) is 9.87. The molecule has 1 fully saturated rings. The molecule has 4 N–H and O–H groups in total. The van der Waals surface area contributed by atoms with Crippen LogP contribution in [0.3, 0.4) is 0 Å². The van der Waals surface area contributed by atoms with Gasteiger partial charge in [0.2, 0.25) is 15.9 Å². The Balaban J connectivity index is 1.38. The largest absolute Gasteiger partial charge is 0.353 e. The highest BCUT2D eigenvalue weighted by Crippen LogP contribution is 2.21. The molecule has 2 amide bonds. The molecule has 3 aromatic rings. The van der Waals surface area contributed by atoms with Gasteiger partial charge in [-0.15, -0.1) is 0 Å². The van der Waals surface area contributed by atoms with Gasteiger partial charge in [-0.25, -0.2) is 17.8 Å². The van der Waals surface area contributed by atoms with Gasteiger partial charge in [-0.3, -0.25) is 9.59 Å². The number of sulfonamides is 1. The van der Waals surface area contributed by atoms with Crippen LogP contribution in [0.5, 0.6) is 0 Å². The first-order valence-electron chi connectivity index (χ1n) is 10.9. The molecule has 1 aliphatic heterocycles. The number of carbonyl (C=O) groups excluding carboxylic acids is 2. The number of hydrogen-bond donors (Lipinski definition) is 4. The predicted octanol–water partition coefficient (Wildman–Crippen LogP) is 0.478. The first kappa shape index (κ1) is 23.8. The summed E-state index contributed by atoms with van der Waals surface area (Å²) in [7, 11) is -3.68. The molecule has 12 heteroatoms. The van der Waals surface area contributed by atoms with Crippen molar-refractivity contribution in [1.82, 2.24) is 31.0 Å². The molecule has 0 aliphatic carbocycles. The summed E-state index contributed by atoms with van der Waals surface area (Å²) < 4.78 is 32.0. The number of aryl methyl sites for hydroxylation is 1. The van der Waals surface area contributed by atoms with Gasteiger partial charge in [-0.05, 0) is 73.5 Å². The fraction of sp³-hybridized carbons (Fsp3) is 0.364. The monoisotopic (exact) mass is 486 g/mol. The van der Waals surface area contributed by atoms with Crippen LogP contribution in [-0.4, -0.2) is 62.3 Å². The summed E-state index contributed by atoms with van der Waals surface area (Å²) in [5.74, 6) is -0.775. The van der Waals surface area contributed by atoms with Crippen molar-refractivity contribution in [3.8, 4) is 0 Å². The van der Waals surface area contributed by atoms with Crippen LogP contribution in [0.15, 0.2) is 52.0 Å². The molecule has 34 heavy (non-hydrogen) atoms. The smallest absolute Gasteiger partial charge is 0.252 e. The summed E-state index contributed by atoms with van der Waals surface area (Å²) in [4.78, 5) is 26.2. The van der Waals surface area contributed by atoms with Gasteiger partial charge in [-0.2, -0.15) is 0 Å². The second-order valence-electron chi connectivity index (χ2n) is 8.22. The minimum atomic E-state index is -3.68. The Labute approximate surface area is 196 Å². The lowest BCUT2D eigenvalue weighted by molar-refractivity contribution is -0.128. The van der Waals surface area contributed by atoms with Gasteiger partial charge < -0.3 is 16.0 Å². The summed E-state index contributed by atoms with van der Waals surface area (Å²) in [6, 6.07) is 11.3. The van der Waals surface area contributed by atoms with Crippen molar-refractivity contribution >= 4 is 32.9 Å². The van der Waals surface area contributed by atoms with Gasteiger partial charge >= 0.3 is 0 Å². The molecule has 4 rings (SSSR count). The van der Waals surface area contributed by atoms with E-state index in [4.69, 9.17) is 0 Å². The molecule has 11 nitrogen and oxygen atoms in total. The Hall–Kier alpha value is -3.35. The number of rotatable bonds is 8. The molecule has 1 aliphatic rings. The molecular formula is C22H26N6O5S. The van der Waals surface area contributed by atoms with E-state index in [1.54, 1.807) is 30.3 Å². The van der Waals surface area contributed by atoms with Crippen LogP contribution in [0.25, 0.3) is 11.0 Å². The lowest BCUT2D eigenvalue weighted by Gasteiger charge is -2.37. The van der Waals surface area contributed by atoms with E-state index in [1.165, 1.54) is 12.1 Å². The Morgan fingerprint density at radius 3 is 2.47 bits per heavy atom. The zero-order chi connectivity index (χ0) is 24.2. The van der Waals surface area contributed by atoms with E-state index in [0.29, 0.717) is 42.5 Å². The number of aromatic nitrogens is 2. The fourth-order valence-electron chi connectivity index (χ4n) is 3.81. The average Bonchev–Trinajstić information content (AvgIpc) is 3.30. The van der Waals surface area contributed by atoms with Crippen molar-refractivity contribution in [2.24, 2.45) is 0 Å². The quantitative estimate of drug-likeness (QED) is 0.335. The number of hydrogen-bond acceptors (Lipinski definition) is 8. The number of piperidine rings is 1. The van der Waals surface area contributed by atoms with Crippen LogP contribution in [-0.2, 0) is 14.8 Å². The van der Waals surface area contributed by atoms with Crippen LogP contribution in [0, 0.1) is 6.92 Å². The molecule has 1 saturated heterocycles. The zero-order valence-corrected chi connectivity index (χ0v) is 19.4. The highest BCUT2D eigenvalue weighted by atomic mass is 32.2. The third kappa shape index (κ3) is 5.24.